The number of nitrogens with one attached hydrogen (secondary N) is 1. The molecule has 1 saturated heterocycles. The summed E-state index contributed by atoms with van der Waals surface area (Å²) in [5, 5.41) is 0.507. The molecular weight excluding hydrogens is 389 g/mol. The van der Waals surface area contributed by atoms with Crippen LogP contribution in [0.15, 0.2) is 0 Å². The van der Waals surface area contributed by atoms with Gasteiger partial charge in [-0.05, 0) is 12.8 Å². The zero-order chi connectivity index (χ0) is 20.3. The number of amides is 2. The van der Waals surface area contributed by atoms with Crippen molar-refractivity contribution in [2.75, 3.05) is 0 Å². The number of hydrogen-bond donors (Lipinski definition) is 2. The second-order valence-corrected chi connectivity index (χ2v) is 9.41. The fourth-order valence-corrected chi connectivity index (χ4v) is 5.39. The molecule has 8 heteroatoms. The first-order valence-corrected chi connectivity index (χ1v) is 12.1. The predicted octanol–water partition coefficient (Wildman–Crippen LogP) is 4.01. The first kappa shape index (κ1) is 28.1. The SMILES string of the molecule is CCCCCCCCC1(CCCCCCCC)C(=O)NC(=O)C1S(=O)(=O)O.[Na]. The van der Waals surface area contributed by atoms with Gasteiger partial charge in [0.2, 0.25) is 11.8 Å². The molecule has 2 N–H and O–H groups in total. The van der Waals surface area contributed by atoms with E-state index < -0.39 is 32.6 Å². The van der Waals surface area contributed by atoms with Crippen molar-refractivity contribution in [1.29, 1.82) is 0 Å². The molecule has 0 aromatic heterocycles. The smallest absolute Gasteiger partial charge is 0.278 e. The van der Waals surface area contributed by atoms with Crippen molar-refractivity contribution in [2.24, 2.45) is 5.41 Å². The quantitative estimate of drug-likeness (QED) is 0.178. The number of rotatable bonds is 15. The Bertz CT molecular complexity index is 563. The molecule has 2 amide bonds. The summed E-state index contributed by atoms with van der Waals surface area (Å²) in [5.74, 6) is -1.41. The molecule has 0 spiro atoms. The molecule has 1 aliphatic heterocycles. The van der Waals surface area contributed by atoms with Crippen LogP contribution in [0.3, 0.4) is 0 Å². The van der Waals surface area contributed by atoms with Gasteiger partial charge in [0.1, 0.15) is 0 Å². The molecule has 0 bridgehead atoms. The van der Waals surface area contributed by atoms with Gasteiger partial charge in [0.15, 0.2) is 5.25 Å². The molecule has 6 nitrogen and oxygen atoms in total. The number of hydrogen-bond acceptors (Lipinski definition) is 4. The molecule has 159 valence electrons. The molecule has 1 unspecified atom stereocenters. The van der Waals surface area contributed by atoms with Crippen molar-refractivity contribution in [3.05, 3.63) is 0 Å². The van der Waals surface area contributed by atoms with E-state index in [4.69, 9.17) is 0 Å². The van der Waals surface area contributed by atoms with Crippen LogP contribution >= 0.6 is 0 Å². The number of imide groups is 1. The van der Waals surface area contributed by atoms with E-state index in [-0.39, 0.29) is 29.6 Å². The largest absolute Gasteiger partial charge is 0.295 e. The monoisotopic (exact) mass is 426 g/mol. The van der Waals surface area contributed by atoms with Crippen LogP contribution < -0.4 is 5.32 Å². The Kier molecular flexibility index (Phi) is 14.1. The second-order valence-electron chi connectivity index (χ2n) is 7.91. The van der Waals surface area contributed by atoms with Gasteiger partial charge in [0.05, 0.1) is 5.41 Å². The first-order chi connectivity index (χ1) is 12.8. The summed E-state index contributed by atoms with van der Waals surface area (Å²) in [5.41, 5.74) is -1.32. The molecule has 1 fully saturated rings. The van der Waals surface area contributed by atoms with E-state index in [1.165, 1.54) is 0 Å². The average molecular weight is 427 g/mol. The Morgan fingerprint density at radius 3 is 1.61 bits per heavy atom. The Hall–Kier alpha value is 0.0500. The summed E-state index contributed by atoms with van der Waals surface area (Å²) in [7, 11) is -4.63. The van der Waals surface area contributed by atoms with Gasteiger partial charge >= 0.3 is 0 Å². The second kappa shape index (κ2) is 14.1. The molecule has 1 aliphatic rings. The Balaban J connectivity index is 0.00000729. The summed E-state index contributed by atoms with van der Waals surface area (Å²) >= 11 is 0. The molecule has 28 heavy (non-hydrogen) atoms. The summed E-state index contributed by atoms with van der Waals surface area (Å²) in [6.07, 6.45) is 12.8. The minimum absolute atomic E-state index is 0. The van der Waals surface area contributed by atoms with Crippen LogP contribution in [0.2, 0.25) is 0 Å². The molecular formula is C20H37NNaO5S. The maximum atomic E-state index is 12.6. The summed E-state index contributed by atoms with van der Waals surface area (Å²) in [6, 6.07) is 0. The average Bonchev–Trinajstić information content (AvgIpc) is 2.84. The van der Waals surface area contributed by atoms with Crippen LogP contribution in [0.5, 0.6) is 0 Å². The van der Waals surface area contributed by atoms with Gasteiger partial charge in [-0.3, -0.25) is 19.5 Å². The molecule has 1 rings (SSSR count). The van der Waals surface area contributed by atoms with Crippen LogP contribution in [0.4, 0.5) is 0 Å². The van der Waals surface area contributed by atoms with Crippen LogP contribution in [0.1, 0.15) is 104 Å². The van der Waals surface area contributed by atoms with E-state index in [1.807, 2.05) is 0 Å². The first-order valence-electron chi connectivity index (χ1n) is 10.6. The minimum Gasteiger partial charge on any atom is -0.295 e. The molecule has 1 heterocycles. The van der Waals surface area contributed by atoms with E-state index >= 15 is 0 Å². The Morgan fingerprint density at radius 2 is 1.21 bits per heavy atom. The molecule has 0 aromatic rings. The molecule has 0 aliphatic carbocycles. The van der Waals surface area contributed by atoms with E-state index in [1.54, 1.807) is 0 Å². The Morgan fingerprint density at radius 1 is 0.821 bits per heavy atom. The number of unbranched alkanes of at least 4 members (excludes halogenated alkanes) is 10. The topological polar surface area (TPSA) is 101 Å². The van der Waals surface area contributed by atoms with Crippen molar-refractivity contribution in [3.63, 3.8) is 0 Å². The standard InChI is InChI=1S/C20H37NO5S.Na/c1-3-5-7-9-11-13-15-20(16-14-12-10-8-6-4-2)17(27(24,25)26)18(22)21-19(20)23;/h17H,3-16H2,1-2H3,(H,21,22,23)(H,24,25,26);. The van der Waals surface area contributed by atoms with E-state index in [0.29, 0.717) is 25.7 Å². The van der Waals surface area contributed by atoms with Gasteiger partial charge in [-0.25, -0.2) is 0 Å². The number of carbonyl (C=O) groups is 2. The third-order valence-electron chi connectivity index (χ3n) is 5.68. The Labute approximate surface area is 193 Å². The molecule has 1 atom stereocenters. The zero-order valence-electron chi connectivity index (χ0n) is 18.0. The number of carbonyl (C=O) groups excluding carboxylic acids is 2. The molecule has 0 saturated carbocycles. The van der Waals surface area contributed by atoms with Gasteiger partial charge in [0.25, 0.3) is 10.1 Å². The van der Waals surface area contributed by atoms with E-state index in [9.17, 15) is 22.6 Å². The van der Waals surface area contributed by atoms with Crippen LogP contribution in [-0.2, 0) is 19.7 Å². The van der Waals surface area contributed by atoms with E-state index in [2.05, 4.69) is 19.2 Å². The van der Waals surface area contributed by atoms with Crippen molar-refractivity contribution >= 4 is 51.5 Å². The fraction of sp³-hybridized carbons (Fsp3) is 0.900. The molecule has 1 radical (unpaired) electrons. The van der Waals surface area contributed by atoms with Crippen LogP contribution in [-0.4, -0.2) is 59.6 Å². The van der Waals surface area contributed by atoms with Gasteiger partial charge in [-0.2, -0.15) is 8.42 Å². The van der Waals surface area contributed by atoms with Crippen molar-refractivity contribution in [2.45, 2.75) is 109 Å². The minimum atomic E-state index is -4.63. The normalized spacial score (nSPS) is 18.8. The van der Waals surface area contributed by atoms with Gasteiger partial charge < -0.3 is 0 Å². The van der Waals surface area contributed by atoms with E-state index in [0.717, 1.165) is 64.2 Å². The third kappa shape index (κ3) is 8.42. The zero-order valence-corrected chi connectivity index (χ0v) is 20.8. The van der Waals surface area contributed by atoms with Crippen LogP contribution in [0.25, 0.3) is 0 Å². The van der Waals surface area contributed by atoms with Gasteiger partial charge in [-0.15, -0.1) is 0 Å². The summed E-state index contributed by atoms with van der Waals surface area (Å²) < 4.78 is 33.4. The van der Waals surface area contributed by atoms with Crippen molar-refractivity contribution < 1.29 is 22.6 Å². The maximum Gasteiger partial charge on any atom is 0.278 e. The van der Waals surface area contributed by atoms with Crippen LogP contribution in [0, 0.1) is 5.41 Å². The fourth-order valence-electron chi connectivity index (χ4n) is 4.15. The van der Waals surface area contributed by atoms with Gasteiger partial charge in [-0.1, -0.05) is 90.9 Å². The summed E-state index contributed by atoms with van der Waals surface area (Å²) in [4.78, 5) is 24.7. The van der Waals surface area contributed by atoms with Crippen molar-refractivity contribution in [1.82, 2.24) is 5.32 Å². The maximum absolute atomic E-state index is 12.6. The third-order valence-corrected chi connectivity index (χ3v) is 6.94. The predicted molar refractivity (Wildman–Crippen MR) is 113 cm³/mol. The summed E-state index contributed by atoms with van der Waals surface area (Å²) in [6.45, 7) is 4.28. The van der Waals surface area contributed by atoms with Crippen molar-refractivity contribution in [3.8, 4) is 0 Å². The molecule has 0 aromatic carbocycles. The van der Waals surface area contributed by atoms with Gasteiger partial charge in [0, 0.05) is 29.6 Å².